The number of carbonyl (C=O) groups excluding carboxylic acids is 1. The van der Waals surface area contributed by atoms with Crippen molar-refractivity contribution in [2.45, 2.75) is 38.1 Å². The SMILES string of the molecule is Cn1cc(CCC(=O)NC(CC2CC2)C(=O)O)c2ccccc21. The van der Waals surface area contributed by atoms with E-state index in [0.717, 1.165) is 29.3 Å². The zero-order valence-corrected chi connectivity index (χ0v) is 13.3. The van der Waals surface area contributed by atoms with Crippen LogP contribution in [0.1, 0.15) is 31.2 Å². The van der Waals surface area contributed by atoms with E-state index in [1.165, 1.54) is 0 Å². The van der Waals surface area contributed by atoms with Crippen molar-refractivity contribution in [3.8, 4) is 0 Å². The van der Waals surface area contributed by atoms with Crippen molar-refractivity contribution >= 4 is 22.8 Å². The van der Waals surface area contributed by atoms with E-state index in [2.05, 4.69) is 22.0 Å². The standard InChI is InChI=1S/C18H22N2O3/c1-20-11-13(14-4-2-3-5-16(14)20)8-9-17(21)19-15(18(22)23)10-12-6-7-12/h2-5,11-12,15H,6-10H2,1H3,(H,19,21)(H,22,23). The Balaban J connectivity index is 1.60. The lowest BCUT2D eigenvalue weighted by Gasteiger charge is -2.13. The molecule has 1 aromatic heterocycles. The van der Waals surface area contributed by atoms with Gasteiger partial charge in [-0.15, -0.1) is 0 Å². The highest BCUT2D eigenvalue weighted by atomic mass is 16.4. The van der Waals surface area contributed by atoms with E-state index < -0.39 is 12.0 Å². The van der Waals surface area contributed by atoms with E-state index in [4.69, 9.17) is 0 Å². The predicted octanol–water partition coefficient (Wildman–Crippen LogP) is 2.48. The Morgan fingerprint density at radius 1 is 1.35 bits per heavy atom. The van der Waals surface area contributed by atoms with Crippen molar-refractivity contribution in [3.05, 3.63) is 36.0 Å². The molecule has 1 unspecified atom stereocenters. The van der Waals surface area contributed by atoms with Crippen molar-refractivity contribution < 1.29 is 14.7 Å². The second-order valence-electron chi connectivity index (χ2n) is 6.42. The van der Waals surface area contributed by atoms with Crippen molar-refractivity contribution in [2.75, 3.05) is 0 Å². The van der Waals surface area contributed by atoms with Gasteiger partial charge in [0.1, 0.15) is 6.04 Å². The molecular weight excluding hydrogens is 292 g/mol. The first-order valence-corrected chi connectivity index (χ1v) is 8.09. The lowest BCUT2D eigenvalue weighted by atomic mass is 10.1. The van der Waals surface area contributed by atoms with Crippen molar-refractivity contribution in [1.29, 1.82) is 0 Å². The first kappa shape index (κ1) is 15.6. The minimum absolute atomic E-state index is 0.189. The molecule has 1 aliphatic carbocycles. The molecule has 1 fully saturated rings. The minimum atomic E-state index is -0.935. The van der Waals surface area contributed by atoms with Crippen LogP contribution in [0.25, 0.3) is 10.9 Å². The molecule has 1 heterocycles. The Kier molecular flexibility index (Phi) is 4.37. The van der Waals surface area contributed by atoms with Gasteiger partial charge in [0, 0.05) is 30.6 Å². The Bertz CT molecular complexity index is 731. The summed E-state index contributed by atoms with van der Waals surface area (Å²) in [5, 5.41) is 13.0. The molecule has 5 nitrogen and oxygen atoms in total. The van der Waals surface area contributed by atoms with Crippen LogP contribution in [0.5, 0.6) is 0 Å². The van der Waals surface area contributed by atoms with Crippen LogP contribution in [-0.4, -0.2) is 27.6 Å². The summed E-state index contributed by atoms with van der Waals surface area (Å²) in [5.41, 5.74) is 2.26. The van der Waals surface area contributed by atoms with E-state index in [0.29, 0.717) is 25.2 Å². The summed E-state index contributed by atoms with van der Waals surface area (Å²) in [6.45, 7) is 0. The van der Waals surface area contributed by atoms with Crippen LogP contribution in [-0.2, 0) is 23.1 Å². The number of amides is 1. The fraction of sp³-hybridized carbons (Fsp3) is 0.444. The monoisotopic (exact) mass is 314 g/mol. The van der Waals surface area contributed by atoms with Gasteiger partial charge in [-0.05, 0) is 30.4 Å². The first-order valence-electron chi connectivity index (χ1n) is 8.09. The third-order valence-electron chi connectivity index (χ3n) is 4.50. The van der Waals surface area contributed by atoms with Crippen LogP contribution >= 0.6 is 0 Å². The minimum Gasteiger partial charge on any atom is -0.480 e. The highest BCUT2D eigenvalue weighted by Gasteiger charge is 2.30. The van der Waals surface area contributed by atoms with Crippen LogP contribution in [0.2, 0.25) is 0 Å². The lowest BCUT2D eigenvalue weighted by molar-refractivity contribution is -0.142. The van der Waals surface area contributed by atoms with Crippen LogP contribution in [0.3, 0.4) is 0 Å². The van der Waals surface area contributed by atoms with Crippen LogP contribution in [0.15, 0.2) is 30.5 Å². The molecule has 2 N–H and O–H groups in total. The molecule has 0 spiro atoms. The molecule has 1 aromatic carbocycles. The van der Waals surface area contributed by atoms with E-state index in [1.54, 1.807) is 0 Å². The van der Waals surface area contributed by atoms with Gasteiger partial charge in [0.25, 0.3) is 0 Å². The third-order valence-corrected chi connectivity index (χ3v) is 4.50. The van der Waals surface area contributed by atoms with Crippen molar-refractivity contribution in [3.63, 3.8) is 0 Å². The highest BCUT2D eigenvalue weighted by Crippen LogP contribution is 2.33. The van der Waals surface area contributed by atoms with Gasteiger partial charge in [0.15, 0.2) is 0 Å². The number of rotatable bonds is 7. The van der Waals surface area contributed by atoms with Crippen LogP contribution in [0, 0.1) is 5.92 Å². The molecule has 1 aliphatic rings. The molecule has 1 atom stereocenters. The molecule has 23 heavy (non-hydrogen) atoms. The largest absolute Gasteiger partial charge is 0.480 e. The maximum absolute atomic E-state index is 12.1. The molecule has 5 heteroatoms. The summed E-state index contributed by atoms with van der Waals surface area (Å²) in [4.78, 5) is 23.3. The van der Waals surface area contributed by atoms with Gasteiger partial charge in [-0.2, -0.15) is 0 Å². The van der Waals surface area contributed by atoms with E-state index in [1.807, 2.05) is 25.4 Å². The number of carbonyl (C=O) groups is 2. The zero-order valence-electron chi connectivity index (χ0n) is 13.3. The Labute approximate surface area is 135 Å². The molecular formula is C18H22N2O3. The number of nitrogens with zero attached hydrogens (tertiary/aromatic N) is 1. The Morgan fingerprint density at radius 2 is 2.09 bits per heavy atom. The summed E-state index contributed by atoms with van der Waals surface area (Å²) in [6.07, 6.45) is 5.67. The average Bonchev–Trinajstić information content (AvgIpc) is 3.29. The molecule has 0 aliphatic heterocycles. The quantitative estimate of drug-likeness (QED) is 0.825. The molecule has 1 saturated carbocycles. The molecule has 2 aromatic rings. The van der Waals surface area contributed by atoms with Gasteiger partial charge < -0.3 is 15.0 Å². The number of para-hydroxylation sites is 1. The maximum atomic E-state index is 12.1. The Morgan fingerprint density at radius 3 is 2.78 bits per heavy atom. The number of hydrogen-bond acceptors (Lipinski definition) is 2. The van der Waals surface area contributed by atoms with E-state index in [9.17, 15) is 14.7 Å². The number of aromatic nitrogens is 1. The van der Waals surface area contributed by atoms with Gasteiger partial charge in [-0.25, -0.2) is 4.79 Å². The lowest BCUT2D eigenvalue weighted by Crippen LogP contribution is -2.41. The summed E-state index contributed by atoms with van der Waals surface area (Å²) in [7, 11) is 1.99. The van der Waals surface area contributed by atoms with E-state index >= 15 is 0 Å². The van der Waals surface area contributed by atoms with Gasteiger partial charge in [0.05, 0.1) is 0 Å². The first-order chi connectivity index (χ1) is 11.0. The number of hydrogen-bond donors (Lipinski definition) is 2. The molecule has 122 valence electrons. The number of aliphatic carboxylic acids is 1. The van der Waals surface area contributed by atoms with Crippen LogP contribution in [0.4, 0.5) is 0 Å². The van der Waals surface area contributed by atoms with E-state index in [-0.39, 0.29) is 5.91 Å². The fourth-order valence-corrected chi connectivity index (χ4v) is 3.05. The summed E-state index contributed by atoms with van der Waals surface area (Å²) >= 11 is 0. The molecule has 0 radical (unpaired) electrons. The second kappa shape index (κ2) is 6.44. The van der Waals surface area contributed by atoms with Gasteiger partial charge >= 0.3 is 5.97 Å². The maximum Gasteiger partial charge on any atom is 0.326 e. The third kappa shape index (κ3) is 3.73. The second-order valence-corrected chi connectivity index (χ2v) is 6.42. The smallest absolute Gasteiger partial charge is 0.326 e. The van der Waals surface area contributed by atoms with Crippen molar-refractivity contribution in [1.82, 2.24) is 9.88 Å². The number of fused-ring (bicyclic) bond motifs is 1. The van der Waals surface area contributed by atoms with Gasteiger partial charge in [-0.1, -0.05) is 31.0 Å². The number of nitrogens with one attached hydrogen (secondary N) is 1. The van der Waals surface area contributed by atoms with Gasteiger partial charge in [0.2, 0.25) is 5.91 Å². The van der Waals surface area contributed by atoms with Gasteiger partial charge in [-0.3, -0.25) is 4.79 Å². The molecule has 0 bridgehead atoms. The molecule has 0 saturated heterocycles. The summed E-state index contributed by atoms with van der Waals surface area (Å²) < 4.78 is 2.05. The van der Waals surface area contributed by atoms with Crippen LogP contribution < -0.4 is 5.32 Å². The number of carboxylic acids is 1. The topological polar surface area (TPSA) is 71.3 Å². The number of carboxylic acid groups (broad SMARTS) is 1. The zero-order chi connectivity index (χ0) is 16.4. The summed E-state index contributed by atoms with van der Waals surface area (Å²) in [6, 6.07) is 7.34. The fourth-order valence-electron chi connectivity index (χ4n) is 3.05. The highest BCUT2D eigenvalue weighted by molar-refractivity contribution is 5.86. The molecule has 3 rings (SSSR count). The normalized spacial score (nSPS) is 15.5. The predicted molar refractivity (Wildman–Crippen MR) is 88.1 cm³/mol. The summed E-state index contributed by atoms with van der Waals surface area (Å²) in [5.74, 6) is -0.657. The molecule has 1 amide bonds. The average molecular weight is 314 g/mol. The number of benzene rings is 1. The number of aryl methyl sites for hydroxylation is 2. The Hall–Kier alpha value is -2.30. The van der Waals surface area contributed by atoms with Crippen molar-refractivity contribution in [2.24, 2.45) is 13.0 Å².